The maximum Gasteiger partial charge on any atom is 0.109 e. The van der Waals surface area contributed by atoms with E-state index in [-0.39, 0.29) is 6.04 Å². The molecule has 94 valence electrons. The van der Waals surface area contributed by atoms with Gasteiger partial charge in [0.2, 0.25) is 0 Å². The van der Waals surface area contributed by atoms with E-state index >= 15 is 0 Å². The molecule has 1 atom stereocenters. The predicted octanol–water partition coefficient (Wildman–Crippen LogP) is 2.69. The Bertz CT molecular complexity index is 321. The highest BCUT2D eigenvalue weighted by atomic mass is 16.5. The zero-order chi connectivity index (χ0) is 11.4. The van der Waals surface area contributed by atoms with Gasteiger partial charge in [-0.1, -0.05) is 0 Å². The van der Waals surface area contributed by atoms with Crippen LogP contribution in [0.1, 0.15) is 38.5 Å². The van der Waals surface area contributed by atoms with Crippen LogP contribution in [0.25, 0.3) is 0 Å². The summed E-state index contributed by atoms with van der Waals surface area (Å²) in [6.45, 7) is 0.857. The molecule has 1 aliphatic heterocycles. The Morgan fingerprint density at radius 3 is 2.24 bits per heavy atom. The first-order chi connectivity index (χ1) is 8.31. The van der Waals surface area contributed by atoms with Crippen LogP contribution < -0.4 is 5.73 Å². The molecular formula is C15H23NO. The highest BCUT2D eigenvalue weighted by molar-refractivity contribution is 5.13. The normalized spacial score (nSPS) is 49.0. The van der Waals surface area contributed by atoms with Crippen molar-refractivity contribution in [2.45, 2.75) is 44.6 Å². The van der Waals surface area contributed by atoms with E-state index in [1.807, 2.05) is 0 Å². The monoisotopic (exact) mass is 233 g/mol. The molecule has 2 nitrogen and oxygen atoms in total. The van der Waals surface area contributed by atoms with Crippen molar-refractivity contribution in [3.8, 4) is 0 Å². The second-order valence-corrected chi connectivity index (χ2v) is 6.78. The van der Waals surface area contributed by atoms with Gasteiger partial charge in [0.15, 0.2) is 0 Å². The molecule has 0 saturated heterocycles. The lowest BCUT2D eigenvalue weighted by Gasteiger charge is -2.55. The molecule has 0 spiro atoms. The zero-order valence-electron chi connectivity index (χ0n) is 10.5. The van der Waals surface area contributed by atoms with Gasteiger partial charge in [-0.15, -0.1) is 0 Å². The van der Waals surface area contributed by atoms with E-state index in [1.54, 1.807) is 0 Å². The van der Waals surface area contributed by atoms with Crippen LogP contribution in [0.2, 0.25) is 0 Å². The van der Waals surface area contributed by atoms with Crippen LogP contribution in [-0.4, -0.2) is 12.6 Å². The van der Waals surface area contributed by atoms with Gasteiger partial charge in [0.25, 0.3) is 0 Å². The molecule has 1 heterocycles. The summed E-state index contributed by atoms with van der Waals surface area (Å²) in [5.41, 5.74) is 6.51. The molecular weight excluding hydrogens is 210 g/mol. The highest BCUT2D eigenvalue weighted by Crippen LogP contribution is 2.57. The molecule has 0 aromatic heterocycles. The minimum Gasteiger partial charge on any atom is -0.496 e. The van der Waals surface area contributed by atoms with E-state index in [9.17, 15) is 0 Å². The molecule has 4 aliphatic carbocycles. The summed E-state index contributed by atoms with van der Waals surface area (Å²) in [5.74, 6) is 5.74. The second-order valence-electron chi connectivity index (χ2n) is 6.78. The summed E-state index contributed by atoms with van der Waals surface area (Å²) in [6.07, 6.45) is 10.6. The van der Waals surface area contributed by atoms with Crippen molar-refractivity contribution in [1.82, 2.24) is 0 Å². The third kappa shape index (κ3) is 1.56. The molecule has 1 unspecified atom stereocenters. The fraction of sp³-hybridized carbons (Fsp3) is 0.867. The van der Waals surface area contributed by atoms with Crippen LogP contribution in [0.4, 0.5) is 0 Å². The number of ether oxygens (including phenoxy) is 1. The largest absolute Gasteiger partial charge is 0.496 e. The standard InChI is InChI=1S/C15H23NO/c16-15(13-2-1-3-17-13)14-11-5-9-4-10(7-11)8-12(14)6-9/h2,9-12,14-15H,1,3-8,16H2. The summed E-state index contributed by atoms with van der Waals surface area (Å²) < 4.78 is 5.71. The molecule has 4 saturated carbocycles. The topological polar surface area (TPSA) is 35.2 Å². The SMILES string of the molecule is NC(C1=CCCO1)C1C2CC3CC(C2)CC1C3. The zero-order valence-corrected chi connectivity index (χ0v) is 10.5. The number of hydrogen-bond donors (Lipinski definition) is 1. The molecule has 5 rings (SSSR count). The molecule has 5 aliphatic rings. The lowest BCUT2D eigenvalue weighted by molar-refractivity contribution is -0.0475. The molecule has 0 amide bonds. The summed E-state index contributed by atoms with van der Waals surface area (Å²) in [5, 5.41) is 0. The Hall–Kier alpha value is -0.500. The molecule has 2 heteroatoms. The smallest absolute Gasteiger partial charge is 0.109 e. The van der Waals surface area contributed by atoms with Crippen LogP contribution in [0.3, 0.4) is 0 Å². The quantitative estimate of drug-likeness (QED) is 0.796. The second kappa shape index (κ2) is 3.74. The fourth-order valence-electron chi connectivity index (χ4n) is 5.41. The van der Waals surface area contributed by atoms with Crippen LogP contribution in [0, 0.1) is 29.6 Å². The Balaban J connectivity index is 1.57. The number of rotatable bonds is 2. The van der Waals surface area contributed by atoms with Crippen LogP contribution in [0.5, 0.6) is 0 Å². The first-order valence-electron chi connectivity index (χ1n) is 7.39. The van der Waals surface area contributed by atoms with Crippen molar-refractivity contribution >= 4 is 0 Å². The molecule has 0 radical (unpaired) electrons. The lowest BCUT2D eigenvalue weighted by atomic mass is 9.50. The Morgan fingerprint density at radius 2 is 1.71 bits per heavy atom. The van der Waals surface area contributed by atoms with Crippen molar-refractivity contribution in [2.75, 3.05) is 6.61 Å². The lowest BCUT2D eigenvalue weighted by Crippen LogP contribution is -2.52. The van der Waals surface area contributed by atoms with Crippen molar-refractivity contribution in [1.29, 1.82) is 0 Å². The Labute approximate surface area is 104 Å². The first-order valence-corrected chi connectivity index (χ1v) is 7.39. The van der Waals surface area contributed by atoms with Gasteiger partial charge < -0.3 is 10.5 Å². The van der Waals surface area contributed by atoms with Crippen LogP contribution >= 0.6 is 0 Å². The third-order valence-corrected chi connectivity index (χ3v) is 5.77. The van der Waals surface area contributed by atoms with Crippen molar-refractivity contribution in [3.05, 3.63) is 11.8 Å². The summed E-state index contributed by atoms with van der Waals surface area (Å²) in [6, 6.07) is 0.201. The predicted molar refractivity (Wildman–Crippen MR) is 67.2 cm³/mol. The van der Waals surface area contributed by atoms with Crippen molar-refractivity contribution in [3.63, 3.8) is 0 Å². The number of nitrogens with two attached hydrogens (primary N) is 1. The van der Waals surface area contributed by atoms with Gasteiger partial charge in [0, 0.05) is 6.42 Å². The molecule has 0 aromatic carbocycles. The van der Waals surface area contributed by atoms with E-state index in [0.29, 0.717) is 0 Å². The minimum absolute atomic E-state index is 0.201. The molecule has 17 heavy (non-hydrogen) atoms. The Morgan fingerprint density at radius 1 is 1.06 bits per heavy atom. The molecule has 0 aromatic rings. The first kappa shape index (κ1) is 10.4. The van der Waals surface area contributed by atoms with E-state index in [0.717, 1.165) is 48.4 Å². The van der Waals surface area contributed by atoms with Gasteiger partial charge in [-0.25, -0.2) is 0 Å². The molecule has 4 bridgehead atoms. The van der Waals surface area contributed by atoms with Crippen molar-refractivity contribution < 1.29 is 4.74 Å². The van der Waals surface area contributed by atoms with E-state index in [4.69, 9.17) is 10.5 Å². The van der Waals surface area contributed by atoms with E-state index in [2.05, 4.69) is 6.08 Å². The van der Waals surface area contributed by atoms with Gasteiger partial charge in [-0.2, -0.15) is 0 Å². The van der Waals surface area contributed by atoms with E-state index < -0.39 is 0 Å². The maximum atomic E-state index is 6.51. The summed E-state index contributed by atoms with van der Waals surface area (Å²) in [7, 11) is 0. The number of hydrogen-bond acceptors (Lipinski definition) is 2. The van der Waals surface area contributed by atoms with Gasteiger partial charge in [0.1, 0.15) is 5.76 Å². The average Bonchev–Trinajstić information content (AvgIpc) is 2.80. The summed E-state index contributed by atoms with van der Waals surface area (Å²) >= 11 is 0. The van der Waals surface area contributed by atoms with Gasteiger partial charge in [-0.05, 0) is 67.8 Å². The minimum atomic E-state index is 0.201. The highest BCUT2D eigenvalue weighted by Gasteiger charge is 2.50. The Kier molecular flexibility index (Phi) is 2.30. The van der Waals surface area contributed by atoms with Gasteiger partial charge >= 0.3 is 0 Å². The molecule has 2 N–H and O–H groups in total. The van der Waals surface area contributed by atoms with Gasteiger partial charge in [-0.3, -0.25) is 0 Å². The molecule has 4 fully saturated rings. The maximum absolute atomic E-state index is 6.51. The van der Waals surface area contributed by atoms with E-state index in [1.165, 1.54) is 32.1 Å². The average molecular weight is 233 g/mol. The van der Waals surface area contributed by atoms with Gasteiger partial charge in [0.05, 0.1) is 12.6 Å². The third-order valence-electron chi connectivity index (χ3n) is 5.77. The fourth-order valence-corrected chi connectivity index (χ4v) is 5.41. The van der Waals surface area contributed by atoms with Crippen LogP contribution in [0.15, 0.2) is 11.8 Å². The van der Waals surface area contributed by atoms with Crippen molar-refractivity contribution in [2.24, 2.45) is 35.3 Å². The van der Waals surface area contributed by atoms with Crippen LogP contribution in [-0.2, 0) is 4.74 Å². The summed E-state index contributed by atoms with van der Waals surface area (Å²) in [4.78, 5) is 0.